The van der Waals surface area contributed by atoms with Gasteiger partial charge in [0.15, 0.2) is 0 Å². The third kappa shape index (κ3) is 3.49. The van der Waals surface area contributed by atoms with Gasteiger partial charge in [-0.3, -0.25) is 0 Å². The van der Waals surface area contributed by atoms with Crippen molar-refractivity contribution in [1.82, 2.24) is 0 Å². The monoisotopic (exact) mass is 402 g/mol. The van der Waals surface area contributed by atoms with Gasteiger partial charge >= 0.3 is 0 Å². The van der Waals surface area contributed by atoms with E-state index >= 15 is 0 Å². The molecule has 0 amide bonds. The first-order chi connectivity index (χ1) is 13.2. The number of rotatable bonds is 5. The smallest absolute Gasteiger partial charge is 0.150 e. The van der Waals surface area contributed by atoms with E-state index in [-0.39, 0.29) is 11.0 Å². The molecule has 0 saturated carbocycles. The molecule has 0 bridgehead atoms. The fraction of sp³-hybridized carbons (Fsp3) is 0.478. The molecule has 2 aromatic carbocycles. The van der Waals surface area contributed by atoms with Gasteiger partial charge in [-0.2, -0.15) is 0 Å². The Kier molecular flexibility index (Phi) is 5.67. The first kappa shape index (κ1) is 21.0. The van der Waals surface area contributed by atoms with E-state index in [1.165, 1.54) is 5.30 Å². The SMILES string of the molecule is COc1cccc(OC)c1-c1cccc2c1[P@@](C(C)(C)C)[C@H](C(C)(C)OC)O2. The standard InChI is InChI=1S/C23H31O4P/c1-22(2,3)28-20-15(19-16(24-6)12-10-13-17(19)25-7)11-9-14-18(20)27-21(28)23(4,5)26-8/h9-14,21H,1-8H3/t21-,28-/m1/s1. The quantitative estimate of drug-likeness (QED) is 0.626. The Hall–Kier alpha value is -1.77. The number of hydrogen-bond acceptors (Lipinski definition) is 4. The van der Waals surface area contributed by atoms with E-state index in [0.717, 1.165) is 28.4 Å². The number of ether oxygens (including phenoxy) is 4. The highest BCUT2D eigenvalue weighted by atomic mass is 31.1. The average Bonchev–Trinajstić information content (AvgIpc) is 3.08. The summed E-state index contributed by atoms with van der Waals surface area (Å²) in [6.45, 7) is 11.1. The normalized spacial score (nSPS) is 19.1. The molecule has 28 heavy (non-hydrogen) atoms. The molecule has 2 atom stereocenters. The maximum Gasteiger partial charge on any atom is 0.150 e. The average molecular weight is 402 g/mol. The van der Waals surface area contributed by atoms with E-state index < -0.39 is 13.5 Å². The molecular weight excluding hydrogens is 371 g/mol. The fourth-order valence-corrected chi connectivity index (χ4v) is 7.08. The summed E-state index contributed by atoms with van der Waals surface area (Å²) < 4.78 is 23.8. The van der Waals surface area contributed by atoms with Gasteiger partial charge in [0.25, 0.3) is 0 Å². The largest absolute Gasteiger partial charge is 0.496 e. The number of benzene rings is 2. The van der Waals surface area contributed by atoms with Crippen LogP contribution >= 0.6 is 7.92 Å². The highest BCUT2D eigenvalue weighted by molar-refractivity contribution is 7.68. The summed E-state index contributed by atoms with van der Waals surface area (Å²) in [7, 11) is 4.45. The second kappa shape index (κ2) is 7.57. The maximum atomic E-state index is 6.53. The molecule has 0 aliphatic carbocycles. The lowest BCUT2D eigenvalue weighted by molar-refractivity contribution is -0.0296. The Bertz CT molecular complexity index is 832. The Labute approximate surface area is 169 Å². The van der Waals surface area contributed by atoms with Gasteiger partial charge in [-0.25, -0.2) is 0 Å². The molecule has 0 radical (unpaired) electrons. The summed E-state index contributed by atoms with van der Waals surface area (Å²) in [5, 5.41) is 1.29. The van der Waals surface area contributed by atoms with E-state index in [2.05, 4.69) is 46.8 Å². The summed E-state index contributed by atoms with van der Waals surface area (Å²) in [6, 6.07) is 12.1. The maximum absolute atomic E-state index is 6.53. The summed E-state index contributed by atoms with van der Waals surface area (Å²) >= 11 is 0. The molecule has 5 heteroatoms. The summed E-state index contributed by atoms with van der Waals surface area (Å²) in [5.41, 5.74) is 1.68. The fourth-order valence-electron chi connectivity index (χ4n) is 3.72. The topological polar surface area (TPSA) is 36.9 Å². The molecule has 2 aromatic rings. The number of fused-ring (bicyclic) bond motifs is 1. The minimum atomic E-state index is -0.697. The molecule has 3 rings (SSSR count). The van der Waals surface area contributed by atoms with Gasteiger partial charge in [-0.15, -0.1) is 0 Å². The van der Waals surface area contributed by atoms with Crippen LogP contribution in [0.2, 0.25) is 0 Å². The summed E-state index contributed by atoms with van der Waals surface area (Å²) in [5.74, 6) is 2.49. The molecular formula is C23H31O4P. The first-order valence-electron chi connectivity index (χ1n) is 9.51. The predicted molar refractivity (Wildman–Crippen MR) is 117 cm³/mol. The molecule has 1 heterocycles. The lowest BCUT2D eigenvalue weighted by Crippen LogP contribution is -2.42. The van der Waals surface area contributed by atoms with E-state index in [0.29, 0.717) is 0 Å². The van der Waals surface area contributed by atoms with Gasteiger partial charge in [0.05, 0.1) is 19.8 Å². The zero-order chi connectivity index (χ0) is 20.7. The molecule has 4 nitrogen and oxygen atoms in total. The predicted octanol–water partition coefficient (Wildman–Crippen LogP) is 5.42. The molecule has 0 fully saturated rings. The van der Waals surface area contributed by atoms with Crippen LogP contribution in [0.5, 0.6) is 17.2 Å². The number of hydrogen-bond donors (Lipinski definition) is 0. The van der Waals surface area contributed by atoms with E-state index in [9.17, 15) is 0 Å². The van der Waals surface area contributed by atoms with E-state index in [1.807, 2.05) is 24.3 Å². The zero-order valence-electron chi connectivity index (χ0n) is 18.1. The van der Waals surface area contributed by atoms with Gasteiger partial charge in [0, 0.05) is 18.0 Å². The molecule has 0 N–H and O–H groups in total. The third-order valence-electron chi connectivity index (χ3n) is 5.25. The molecule has 1 aliphatic heterocycles. The van der Waals surface area contributed by atoms with Crippen LogP contribution in [0.4, 0.5) is 0 Å². The van der Waals surface area contributed by atoms with Crippen molar-refractivity contribution in [2.45, 2.75) is 51.2 Å². The minimum absolute atomic E-state index is 0.0341. The Morgan fingerprint density at radius 2 is 1.43 bits per heavy atom. The van der Waals surface area contributed by atoms with Crippen molar-refractivity contribution in [2.75, 3.05) is 21.3 Å². The van der Waals surface area contributed by atoms with Crippen LogP contribution in [0.1, 0.15) is 34.6 Å². The second-order valence-electron chi connectivity index (χ2n) is 8.51. The van der Waals surface area contributed by atoms with E-state index in [4.69, 9.17) is 18.9 Å². The van der Waals surface area contributed by atoms with Crippen LogP contribution in [-0.2, 0) is 4.74 Å². The van der Waals surface area contributed by atoms with Crippen molar-refractivity contribution in [3.05, 3.63) is 36.4 Å². The van der Waals surface area contributed by atoms with Crippen molar-refractivity contribution in [2.24, 2.45) is 0 Å². The Balaban J connectivity index is 2.29. The lowest BCUT2D eigenvalue weighted by atomic mass is 10.0. The van der Waals surface area contributed by atoms with Gasteiger partial charge in [-0.1, -0.05) is 39.0 Å². The van der Waals surface area contributed by atoms with Crippen LogP contribution in [0.15, 0.2) is 36.4 Å². The zero-order valence-corrected chi connectivity index (χ0v) is 19.0. The van der Waals surface area contributed by atoms with Gasteiger partial charge in [-0.05, 0) is 45.1 Å². The van der Waals surface area contributed by atoms with E-state index in [1.54, 1.807) is 21.3 Å². The summed E-state index contributed by atoms with van der Waals surface area (Å²) in [6.07, 6.45) is 0. The molecule has 152 valence electrons. The molecule has 0 aromatic heterocycles. The highest BCUT2D eigenvalue weighted by Gasteiger charge is 2.50. The van der Waals surface area contributed by atoms with Crippen molar-refractivity contribution >= 4 is 13.2 Å². The molecule has 0 saturated heterocycles. The second-order valence-corrected chi connectivity index (χ2v) is 11.5. The Morgan fingerprint density at radius 1 is 0.857 bits per heavy atom. The van der Waals surface area contributed by atoms with Crippen LogP contribution in [0.25, 0.3) is 11.1 Å². The Morgan fingerprint density at radius 3 is 1.93 bits per heavy atom. The third-order valence-corrected chi connectivity index (χ3v) is 8.84. The van der Waals surface area contributed by atoms with Crippen molar-refractivity contribution in [3.63, 3.8) is 0 Å². The molecule has 1 aliphatic rings. The van der Waals surface area contributed by atoms with Crippen LogP contribution in [0.3, 0.4) is 0 Å². The van der Waals surface area contributed by atoms with Crippen LogP contribution in [-0.4, -0.2) is 37.9 Å². The highest BCUT2D eigenvalue weighted by Crippen LogP contribution is 2.63. The van der Waals surface area contributed by atoms with Crippen molar-refractivity contribution in [1.29, 1.82) is 0 Å². The minimum Gasteiger partial charge on any atom is -0.496 e. The van der Waals surface area contributed by atoms with Gasteiger partial charge in [0.2, 0.25) is 0 Å². The molecule has 0 spiro atoms. The van der Waals surface area contributed by atoms with Crippen LogP contribution in [0, 0.1) is 0 Å². The lowest BCUT2D eigenvalue weighted by Gasteiger charge is -2.39. The molecule has 0 unspecified atom stereocenters. The van der Waals surface area contributed by atoms with Crippen molar-refractivity contribution < 1.29 is 18.9 Å². The van der Waals surface area contributed by atoms with Gasteiger partial charge in [0.1, 0.15) is 28.7 Å². The summed E-state index contributed by atoms with van der Waals surface area (Å²) in [4.78, 5) is 0. The van der Waals surface area contributed by atoms with Crippen LogP contribution < -0.4 is 19.5 Å². The number of methoxy groups -OCH3 is 3. The van der Waals surface area contributed by atoms with Gasteiger partial charge < -0.3 is 18.9 Å². The van der Waals surface area contributed by atoms with Crippen molar-refractivity contribution in [3.8, 4) is 28.4 Å². The first-order valence-corrected chi connectivity index (χ1v) is 10.9.